The molecule has 0 aromatic heterocycles. The van der Waals surface area contributed by atoms with Crippen molar-refractivity contribution in [2.45, 2.75) is 65.6 Å². The summed E-state index contributed by atoms with van der Waals surface area (Å²) in [5, 5.41) is 9.72. The zero-order chi connectivity index (χ0) is 19.1. The average Bonchev–Trinajstić information content (AvgIpc) is 2.96. The van der Waals surface area contributed by atoms with Crippen LogP contribution in [0.2, 0.25) is 0 Å². The van der Waals surface area contributed by atoms with Crippen LogP contribution in [0.15, 0.2) is 23.3 Å². The van der Waals surface area contributed by atoms with E-state index in [-0.39, 0.29) is 16.8 Å². The first-order valence-corrected chi connectivity index (χ1v) is 9.61. The van der Waals surface area contributed by atoms with Crippen LogP contribution in [0.4, 0.5) is 0 Å². The van der Waals surface area contributed by atoms with Crippen LogP contribution in [0.5, 0.6) is 0 Å². The standard InChI is InChI=1S/C21H30O5/c1-13-8-10-21(3)15(18(22)23)6-5-7-16(21)20(13,2)11-9-14-12-17(25-4)26-19(14)24/h6,12-13,16-17H,5,7-11H2,1-4H3,(H,22,23)/t13-,16+,17?,20+,21-/m1/s1. The summed E-state index contributed by atoms with van der Waals surface area (Å²) in [5.74, 6) is -0.267. The molecule has 0 radical (unpaired) electrons. The van der Waals surface area contributed by atoms with Crippen molar-refractivity contribution in [2.24, 2.45) is 22.7 Å². The predicted octanol–water partition coefficient (Wildman–Crippen LogP) is 4.09. The Labute approximate surface area is 155 Å². The Hall–Kier alpha value is -1.62. The lowest BCUT2D eigenvalue weighted by Gasteiger charge is -2.57. The molecule has 3 aliphatic rings. The second kappa shape index (κ2) is 6.84. The summed E-state index contributed by atoms with van der Waals surface area (Å²) in [5.41, 5.74) is 0.979. The Bertz CT molecular complexity index is 663. The van der Waals surface area contributed by atoms with E-state index in [1.807, 2.05) is 6.08 Å². The van der Waals surface area contributed by atoms with Crippen LogP contribution in [-0.4, -0.2) is 30.4 Å². The van der Waals surface area contributed by atoms with Gasteiger partial charge in [0.15, 0.2) is 0 Å². The lowest BCUT2D eigenvalue weighted by atomic mass is 9.46. The zero-order valence-electron chi connectivity index (χ0n) is 16.2. The molecule has 0 aromatic carbocycles. The molecule has 1 N–H and O–H groups in total. The summed E-state index contributed by atoms with van der Waals surface area (Å²) in [6.07, 6.45) is 8.39. The Morgan fingerprint density at radius 2 is 2.12 bits per heavy atom. The molecule has 26 heavy (non-hydrogen) atoms. The molecule has 5 heteroatoms. The van der Waals surface area contributed by atoms with E-state index in [0.717, 1.165) is 32.1 Å². The van der Waals surface area contributed by atoms with Crippen LogP contribution in [-0.2, 0) is 19.1 Å². The Morgan fingerprint density at radius 3 is 2.73 bits per heavy atom. The van der Waals surface area contributed by atoms with Gasteiger partial charge in [-0.25, -0.2) is 9.59 Å². The summed E-state index contributed by atoms with van der Waals surface area (Å²) in [7, 11) is 1.52. The van der Waals surface area contributed by atoms with E-state index in [4.69, 9.17) is 9.47 Å². The minimum absolute atomic E-state index is 0.00572. The third kappa shape index (κ3) is 3.00. The number of carboxylic acids is 1. The van der Waals surface area contributed by atoms with E-state index >= 15 is 0 Å². The minimum Gasteiger partial charge on any atom is -0.478 e. The summed E-state index contributed by atoms with van der Waals surface area (Å²) in [4.78, 5) is 23.9. The maximum Gasteiger partial charge on any atom is 0.336 e. The monoisotopic (exact) mass is 362 g/mol. The van der Waals surface area contributed by atoms with Crippen molar-refractivity contribution in [3.63, 3.8) is 0 Å². The van der Waals surface area contributed by atoms with Crippen LogP contribution in [0.25, 0.3) is 0 Å². The highest BCUT2D eigenvalue weighted by atomic mass is 16.7. The number of carboxylic acid groups (broad SMARTS) is 1. The molecule has 3 rings (SSSR count). The van der Waals surface area contributed by atoms with Crippen molar-refractivity contribution in [2.75, 3.05) is 7.11 Å². The van der Waals surface area contributed by atoms with Gasteiger partial charge in [0.25, 0.3) is 0 Å². The second-order valence-electron chi connectivity index (χ2n) is 8.62. The fourth-order valence-corrected chi connectivity index (χ4v) is 5.59. The lowest BCUT2D eigenvalue weighted by molar-refractivity contribution is -0.155. The summed E-state index contributed by atoms with van der Waals surface area (Å²) < 4.78 is 10.3. The van der Waals surface area contributed by atoms with E-state index in [1.165, 1.54) is 7.11 Å². The van der Waals surface area contributed by atoms with Gasteiger partial charge >= 0.3 is 11.9 Å². The van der Waals surface area contributed by atoms with Gasteiger partial charge in [0.1, 0.15) is 0 Å². The van der Waals surface area contributed by atoms with Crippen LogP contribution in [0.1, 0.15) is 59.3 Å². The van der Waals surface area contributed by atoms with Crippen molar-refractivity contribution in [3.8, 4) is 0 Å². The quantitative estimate of drug-likeness (QED) is 0.746. The molecule has 1 unspecified atom stereocenters. The van der Waals surface area contributed by atoms with Gasteiger partial charge in [-0.2, -0.15) is 0 Å². The van der Waals surface area contributed by atoms with Gasteiger partial charge < -0.3 is 14.6 Å². The average molecular weight is 362 g/mol. The van der Waals surface area contributed by atoms with Gasteiger partial charge in [-0.1, -0.05) is 26.8 Å². The number of hydrogen-bond acceptors (Lipinski definition) is 4. The number of ether oxygens (including phenoxy) is 2. The number of aliphatic carboxylic acids is 1. The molecule has 1 saturated carbocycles. The van der Waals surface area contributed by atoms with Crippen molar-refractivity contribution in [1.29, 1.82) is 0 Å². The highest BCUT2D eigenvalue weighted by molar-refractivity contribution is 5.90. The van der Waals surface area contributed by atoms with Crippen LogP contribution in [0, 0.1) is 22.7 Å². The van der Waals surface area contributed by atoms with Crippen molar-refractivity contribution < 1.29 is 24.2 Å². The van der Waals surface area contributed by atoms with E-state index in [9.17, 15) is 14.7 Å². The zero-order valence-corrected chi connectivity index (χ0v) is 16.2. The van der Waals surface area contributed by atoms with E-state index in [0.29, 0.717) is 29.4 Å². The number of esters is 1. The van der Waals surface area contributed by atoms with Crippen molar-refractivity contribution >= 4 is 11.9 Å². The summed E-state index contributed by atoms with van der Waals surface area (Å²) in [6.45, 7) is 6.70. The van der Waals surface area contributed by atoms with Gasteiger partial charge in [-0.05, 0) is 61.9 Å². The summed E-state index contributed by atoms with van der Waals surface area (Å²) in [6, 6.07) is 0. The lowest BCUT2D eigenvalue weighted by Crippen LogP contribution is -2.51. The molecule has 0 saturated heterocycles. The van der Waals surface area contributed by atoms with Crippen molar-refractivity contribution in [3.05, 3.63) is 23.3 Å². The molecule has 144 valence electrons. The fraction of sp³-hybridized carbons (Fsp3) is 0.714. The number of hydrogen-bond donors (Lipinski definition) is 1. The largest absolute Gasteiger partial charge is 0.478 e. The SMILES string of the molecule is COC1C=C(CC[C@@]2(C)[C@H](C)CC[C@]3(C)C(C(=O)O)=CCC[C@@H]23)C(=O)O1. The molecule has 5 atom stereocenters. The Morgan fingerprint density at radius 1 is 1.38 bits per heavy atom. The normalized spacial score (nSPS) is 39.7. The third-order valence-electron chi connectivity index (χ3n) is 7.43. The molecule has 0 aromatic rings. The molecule has 0 spiro atoms. The smallest absolute Gasteiger partial charge is 0.336 e. The topological polar surface area (TPSA) is 72.8 Å². The molecule has 1 aliphatic heterocycles. The fourth-order valence-electron chi connectivity index (χ4n) is 5.59. The first kappa shape index (κ1) is 19.2. The van der Waals surface area contributed by atoms with Crippen molar-refractivity contribution in [1.82, 2.24) is 0 Å². The number of methoxy groups -OCH3 is 1. The maximum absolute atomic E-state index is 12.0. The highest BCUT2D eigenvalue weighted by Crippen LogP contribution is 2.62. The summed E-state index contributed by atoms with van der Waals surface area (Å²) >= 11 is 0. The Balaban J connectivity index is 1.84. The first-order valence-electron chi connectivity index (χ1n) is 9.61. The molecule has 1 fully saturated rings. The maximum atomic E-state index is 12.0. The molecule has 0 amide bonds. The van der Waals surface area contributed by atoms with Gasteiger partial charge in [0.2, 0.25) is 6.29 Å². The van der Waals surface area contributed by atoms with E-state index in [1.54, 1.807) is 6.08 Å². The second-order valence-corrected chi connectivity index (χ2v) is 8.62. The Kier molecular flexibility index (Phi) is 5.04. The molecular weight excluding hydrogens is 332 g/mol. The molecule has 1 heterocycles. The third-order valence-corrected chi connectivity index (χ3v) is 7.43. The molecular formula is C21H30O5. The highest BCUT2D eigenvalue weighted by Gasteiger charge is 2.55. The first-order chi connectivity index (χ1) is 12.2. The predicted molar refractivity (Wildman–Crippen MR) is 97.3 cm³/mol. The molecule has 2 aliphatic carbocycles. The van der Waals surface area contributed by atoms with Gasteiger partial charge in [-0.15, -0.1) is 0 Å². The number of allylic oxidation sites excluding steroid dienone is 1. The molecule has 0 bridgehead atoms. The number of carbonyl (C=O) groups is 2. The number of cyclic esters (lactones) is 1. The number of fused-ring (bicyclic) bond motifs is 1. The van der Waals surface area contributed by atoms with Crippen LogP contribution < -0.4 is 0 Å². The number of rotatable bonds is 5. The van der Waals surface area contributed by atoms with Gasteiger partial charge in [-0.3, -0.25) is 0 Å². The van der Waals surface area contributed by atoms with Gasteiger partial charge in [0, 0.05) is 23.7 Å². The van der Waals surface area contributed by atoms with E-state index in [2.05, 4.69) is 20.8 Å². The number of carbonyl (C=O) groups excluding carboxylic acids is 1. The van der Waals surface area contributed by atoms with Crippen LogP contribution >= 0.6 is 0 Å². The van der Waals surface area contributed by atoms with Gasteiger partial charge in [0.05, 0.1) is 0 Å². The van der Waals surface area contributed by atoms with E-state index < -0.39 is 12.3 Å². The van der Waals surface area contributed by atoms with Crippen LogP contribution in [0.3, 0.4) is 0 Å². The molecule has 5 nitrogen and oxygen atoms in total. The minimum atomic E-state index is -0.779.